The second-order valence-electron chi connectivity index (χ2n) is 5.16. The van der Waals surface area contributed by atoms with Gasteiger partial charge in [-0.2, -0.15) is 0 Å². The summed E-state index contributed by atoms with van der Waals surface area (Å²) in [6.07, 6.45) is 1.70. The maximum Gasteiger partial charge on any atom is 0.323 e. The first kappa shape index (κ1) is 13.5. The van der Waals surface area contributed by atoms with Crippen molar-refractivity contribution in [2.24, 2.45) is 7.05 Å². The van der Waals surface area contributed by atoms with Crippen molar-refractivity contribution in [2.75, 3.05) is 13.1 Å². The van der Waals surface area contributed by atoms with Crippen LogP contribution in [-0.4, -0.2) is 34.0 Å². The fraction of sp³-hybridized carbons (Fsp3) is 0.583. The summed E-state index contributed by atoms with van der Waals surface area (Å²) in [4.78, 5) is 22.5. The largest absolute Gasteiger partial charge is 0.358 e. The molecule has 1 fully saturated rings. The van der Waals surface area contributed by atoms with Gasteiger partial charge < -0.3 is 20.7 Å². The summed E-state index contributed by atoms with van der Waals surface area (Å²) < 4.78 is 1.31. The lowest BCUT2D eigenvalue weighted by atomic mass is 9.90. The van der Waals surface area contributed by atoms with Crippen LogP contribution in [0.5, 0.6) is 0 Å². The molecule has 1 saturated heterocycles. The average Bonchev–Trinajstić information content (AvgIpc) is 2.71. The molecule has 0 bridgehead atoms. The van der Waals surface area contributed by atoms with Gasteiger partial charge in [-0.25, -0.2) is 4.57 Å². The van der Waals surface area contributed by atoms with Gasteiger partial charge in [0.1, 0.15) is 0 Å². The van der Waals surface area contributed by atoms with Crippen molar-refractivity contribution in [3.05, 3.63) is 27.9 Å². The van der Waals surface area contributed by atoms with Crippen molar-refractivity contribution in [3.8, 4) is 0 Å². The Morgan fingerprint density at radius 2 is 2.11 bits per heavy atom. The number of carbonyl (C=O) groups excluding carboxylic acids is 1. The monoisotopic (exact) mass is 266 g/mol. The molecule has 0 aliphatic carbocycles. The van der Waals surface area contributed by atoms with Crippen LogP contribution in [0.4, 0.5) is 5.82 Å². The molecule has 2 N–H and O–H groups in total. The van der Waals surface area contributed by atoms with Gasteiger partial charge in [-0.1, -0.05) is 0 Å². The summed E-state index contributed by atoms with van der Waals surface area (Å²) in [6, 6.07) is 2.83. The number of amides is 1. The molecule has 2 heterocycles. The maximum atomic E-state index is 12.2. The quantitative estimate of drug-likeness (QED) is 0.625. The van der Waals surface area contributed by atoms with Gasteiger partial charge in [-0.15, -0.1) is 0 Å². The van der Waals surface area contributed by atoms with Crippen LogP contribution in [0.2, 0.25) is 0 Å². The molecular weight excluding hydrogens is 248 g/mol. The Kier molecular flexibility index (Phi) is 3.57. The van der Waals surface area contributed by atoms with Gasteiger partial charge in [0, 0.05) is 11.6 Å². The molecule has 7 nitrogen and oxygen atoms in total. The molecule has 0 unspecified atom stereocenters. The van der Waals surface area contributed by atoms with Gasteiger partial charge in [0.15, 0.2) is 5.69 Å². The van der Waals surface area contributed by atoms with E-state index in [9.17, 15) is 14.9 Å². The van der Waals surface area contributed by atoms with Crippen LogP contribution in [0, 0.1) is 10.1 Å². The molecule has 0 saturated carbocycles. The lowest BCUT2D eigenvalue weighted by Gasteiger charge is -2.34. The van der Waals surface area contributed by atoms with E-state index in [4.69, 9.17) is 0 Å². The molecule has 104 valence electrons. The summed E-state index contributed by atoms with van der Waals surface area (Å²) >= 11 is 0. The molecular formula is C12H18N4O3. The van der Waals surface area contributed by atoms with Crippen molar-refractivity contribution in [3.63, 3.8) is 0 Å². The second kappa shape index (κ2) is 5.00. The van der Waals surface area contributed by atoms with Crippen LogP contribution in [-0.2, 0) is 7.05 Å². The zero-order valence-corrected chi connectivity index (χ0v) is 11.1. The summed E-state index contributed by atoms with van der Waals surface area (Å²) in [5, 5.41) is 17.0. The van der Waals surface area contributed by atoms with Crippen LogP contribution in [0.25, 0.3) is 0 Å². The number of nitrogens with one attached hydrogen (secondary N) is 2. The number of piperidine rings is 1. The third kappa shape index (κ3) is 2.76. The van der Waals surface area contributed by atoms with Crippen molar-refractivity contribution in [2.45, 2.75) is 25.3 Å². The van der Waals surface area contributed by atoms with Crippen molar-refractivity contribution in [1.29, 1.82) is 0 Å². The molecule has 0 aromatic carbocycles. The van der Waals surface area contributed by atoms with E-state index in [1.165, 1.54) is 23.7 Å². The zero-order chi connectivity index (χ0) is 14.0. The molecule has 1 aliphatic rings. The Balaban J connectivity index is 2.14. The van der Waals surface area contributed by atoms with Gasteiger partial charge in [-0.05, 0) is 43.8 Å². The van der Waals surface area contributed by atoms with E-state index in [1.807, 2.05) is 6.92 Å². The Labute approximate surface area is 111 Å². The van der Waals surface area contributed by atoms with Gasteiger partial charge >= 0.3 is 5.82 Å². The molecule has 1 aliphatic heterocycles. The third-order valence-electron chi connectivity index (χ3n) is 3.64. The van der Waals surface area contributed by atoms with Crippen LogP contribution in [0.1, 0.15) is 30.3 Å². The van der Waals surface area contributed by atoms with Crippen molar-refractivity contribution < 1.29 is 9.72 Å². The summed E-state index contributed by atoms with van der Waals surface area (Å²) in [5.74, 6) is -0.347. The van der Waals surface area contributed by atoms with E-state index in [2.05, 4.69) is 10.6 Å². The van der Waals surface area contributed by atoms with E-state index < -0.39 is 4.92 Å². The van der Waals surface area contributed by atoms with Crippen LogP contribution in [0.3, 0.4) is 0 Å². The second-order valence-corrected chi connectivity index (χ2v) is 5.16. The molecule has 2 rings (SSSR count). The van der Waals surface area contributed by atoms with E-state index in [-0.39, 0.29) is 17.3 Å². The summed E-state index contributed by atoms with van der Waals surface area (Å²) in [5.41, 5.74) is 0.0629. The Hall–Kier alpha value is -1.89. The smallest absolute Gasteiger partial charge is 0.323 e. The predicted octanol–water partition coefficient (Wildman–Crippen LogP) is 0.805. The van der Waals surface area contributed by atoms with Crippen LogP contribution >= 0.6 is 0 Å². The first-order valence-corrected chi connectivity index (χ1v) is 6.26. The number of nitrogens with zero attached hydrogens (tertiary/aromatic N) is 2. The highest BCUT2D eigenvalue weighted by atomic mass is 16.6. The maximum absolute atomic E-state index is 12.2. The van der Waals surface area contributed by atoms with E-state index >= 15 is 0 Å². The standard InChI is InChI=1S/C12H18N4O3/c1-12(5-7-13-8-6-12)14-11(17)9-3-4-10(15(9)2)16(18)19/h3-4,13H,5-8H2,1-2H3,(H,14,17). The molecule has 1 aromatic rings. The number of rotatable bonds is 3. The van der Waals surface area contributed by atoms with Crippen LogP contribution < -0.4 is 10.6 Å². The van der Waals surface area contributed by atoms with E-state index in [0.29, 0.717) is 5.69 Å². The van der Waals surface area contributed by atoms with Gasteiger partial charge in [0.2, 0.25) is 0 Å². The highest BCUT2D eigenvalue weighted by Gasteiger charge is 2.31. The normalized spacial score (nSPS) is 18.0. The van der Waals surface area contributed by atoms with E-state index in [1.54, 1.807) is 0 Å². The number of hydrogen-bond donors (Lipinski definition) is 2. The molecule has 19 heavy (non-hydrogen) atoms. The van der Waals surface area contributed by atoms with Gasteiger partial charge in [-0.3, -0.25) is 4.79 Å². The number of aromatic nitrogens is 1. The highest BCUT2D eigenvalue weighted by molar-refractivity contribution is 5.93. The number of nitro groups is 1. The average molecular weight is 266 g/mol. The predicted molar refractivity (Wildman–Crippen MR) is 70.0 cm³/mol. The third-order valence-corrected chi connectivity index (χ3v) is 3.64. The molecule has 0 radical (unpaired) electrons. The number of hydrogen-bond acceptors (Lipinski definition) is 4. The lowest BCUT2D eigenvalue weighted by molar-refractivity contribution is -0.391. The fourth-order valence-electron chi connectivity index (χ4n) is 2.35. The zero-order valence-electron chi connectivity index (χ0n) is 11.1. The molecule has 1 amide bonds. The minimum absolute atomic E-state index is 0.0828. The Morgan fingerprint density at radius 1 is 1.47 bits per heavy atom. The Morgan fingerprint density at radius 3 is 2.63 bits per heavy atom. The van der Waals surface area contributed by atoms with Crippen molar-refractivity contribution in [1.82, 2.24) is 15.2 Å². The molecule has 0 spiro atoms. The number of carbonyl (C=O) groups is 1. The first-order chi connectivity index (χ1) is 8.93. The fourth-order valence-corrected chi connectivity index (χ4v) is 2.35. The van der Waals surface area contributed by atoms with Crippen molar-refractivity contribution >= 4 is 11.7 Å². The van der Waals surface area contributed by atoms with Crippen LogP contribution in [0.15, 0.2) is 12.1 Å². The van der Waals surface area contributed by atoms with Gasteiger partial charge in [0.05, 0.1) is 7.05 Å². The SMILES string of the molecule is Cn1c(C(=O)NC2(C)CCNCC2)ccc1[N+](=O)[O-]. The Bertz CT molecular complexity index is 503. The topological polar surface area (TPSA) is 89.2 Å². The van der Waals surface area contributed by atoms with Gasteiger partial charge in [0.25, 0.3) is 5.91 Å². The minimum Gasteiger partial charge on any atom is -0.358 e. The molecule has 0 atom stereocenters. The molecule has 1 aromatic heterocycles. The molecule has 7 heteroatoms. The highest BCUT2D eigenvalue weighted by Crippen LogP contribution is 2.20. The van der Waals surface area contributed by atoms with E-state index in [0.717, 1.165) is 25.9 Å². The summed E-state index contributed by atoms with van der Waals surface area (Å²) in [7, 11) is 1.53. The lowest BCUT2D eigenvalue weighted by Crippen LogP contribution is -2.52. The summed E-state index contributed by atoms with van der Waals surface area (Å²) in [6.45, 7) is 3.73. The minimum atomic E-state index is -0.497. The first-order valence-electron chi connectivity index (χ1n) is 6.26.